The van der Waals surface area contributed by atoms with Crippen LogP contribution in [0.3, 0.4) is 0 Å². The van der Waals surface area contributed by atoms with Crippen molar-refractivity contribution >= 4 is 10.0 Å². The Morgan fingerprint density at radius 2 is 1.86 bits per heavy atom. The molecule has 0 spiro atoms. The lowest BCUT2D eigenvalue weighted by Crippen LogP contribution is -2.12. The van der Waals surface area contributed by atoms with Gasteiger partial charge in [0, 0.05) is 0 Å². The molecule has 22 heavy (non-hydrogen) atoms. The molecule has 5 heteroatoms. The van der Waals surface area contributed by atoms with Crippen LogP contribution in [0.5, 0.6) is 5.75 Å². The van der Waals surface area contributed by atoms with Gasteiger partial charge in [-0.25, -0.2) is 13.6 Å². The van der Waals surface area contributed by atoms with Gasteiger partial charge in [0.05, 0.1) is 11.5 Å². The first kappa shape index (κ1) is 15.1. The summed E-state index contributed by atoms with van der Waals surface area (Å²) in [5, 5.41) is 5.25. The Bertz CT molecular complexity index is 772. The first-order valence-electron chi connectivity index (χ1n) is 7.35. The highest BCUT2D eigenvalue weighted by molar-refractivity contribution is 7.89. The van der Waals surface area contributed by atoms with Crippen LogP contribution in [0.25, 0.3) is 0 Å². The van der Waals surface area contributed by atoms with Crippen LogP contribution in [0, 0.1) is 0 Å². The van der Waals surface area contributed by atoms with Crippen LogP contribution >= 0.6 is 0 Å². The van der Waals surface area contributed by atoms with E-state index in [4.69, 9.17) is 9.88 Å². The van der Waals surface area contributed by atoms with Gasteiger partial charge in [-0.15, -0.1) is 0 Å². The molecule has 0 radical (unpaired) electrons. The van der Waals surface area contributed by atoms with E-state index in [1.807, 2.05) is 25.1 Å². The van der Waals surface area contributed by atoms with Gasteiger partial charge in [0.15, 0.2) is 0 Å². The van der Waals surface area contributed by atoms with E-state index in [0.29, 0.717) is 12.5 Å². The maximum Gasteiger partial charge on any atom is 0.238 e. The van der Waals surface area contributed by atoms with Gasteiger partial charge in [0.1, 0.15) is 5.75 Å². The Morgan fingerprint density at radius 3 is 2.50 bits per heavy atom. The van der Waals surface area contributed by atoms with Crippen LogP contribution in [0.1, 0.15) is 36.3 Å². The van der Waals surface area contributed by atoms with Crippen molar-refractivity contribution in [1.82, 2.24) is 0 Å². The maximum atomic E-state index is 11.6. The van der Waals surface area contributed by atoms with Crippen LogP contribution in [0.15, 0.2) is 53.4 Å². The average Bonchev–Trinajstić information content (AvgIpc) is 3.28. The number of hydrogen-bond donors (Lipinski definition) is 1. The molecule has 0 bridgehead atoms. The zero-order valence-corrected chi connectivity index (χ0v) is 13.2. The van der Waals surface area contributed by atoms with Gasteiger partial charge < -0.3 is 4.74 Å². The predicted octanol–water partition coefficient (Wildman–Crippen LogP) is 3.00. The largest absolute Gasteiger partial charge is 0.494 e. The second-order valence-corrected chi connectivity index (χ2v) is 7.10. The molecule has 0 aromatic heterocycles. The third-order valence-corrected chi connectivity index (χ3v) is 4.94. The SMILES string of the molecule is CCOc1ccc(S(N)(=O)=O)cc1[C@@H]1C[C@H]1c1ccccc1. The summed E-state index contributed by atoms with van der Waals surface area (Å²) >= 11 is 0. The molecule has 0 heterocycles. The lowest BCUT2D eigenvalue weighted by molar-refractivity contribution is 0.336. The number of hydrogen-bond acceptors (Lipinski definition) is 3. The third-order valence-electron chi connectivity index (χ3n) is 4.03. The van der Waals surface area contributed by atoms with Crippen molar-refractivity contribution in [3.05, 3.63) is 59.7 Å². The van der Waals surface area contributed by atoms with Crippen LogP contribution < -0.4 is 9.88 Å². The zero-order valence-electron chi connectivity index (χ0n) is 12.4. The Labute approximate surface area is 131 Å². The summed E-state index contributed by atoms with van der Waals surface area (Å²) in [7, 11) is -3.70. The fourth-order valence-corrected chi connectivity index (χ4v) is 3.44. The number of benzene rings is 2. The van der Waals surface area contributed by atoms with Gasteiger partial charge in [-0.3, -0.25) is 0 Å². The van der Waals surface area contributed by atoms with E-state index in [0.717, 1.165) is 17.7 Å². The Balaban J connectivity index is 1.95. The van der Waals surface area contributed by atoms with Crippen molar-refractivity contribution in [2.75, 3.05) is 6.61 Å². The minimum absolute atomic E-state index is 0.143. The van der Waals surface area contributed by atoms with Crippen LogP contribution in [-0.4, -0.2) is 15.0 Å². The van der Waals surface area contributed by atoms with Crippen molar-refractivity contribution in [2.45, 2.75) is 30.1 Å². The van der Waals surface area contributed by atoms with Gasteiger partial charge in [-0.2, -0.15) is 0 Å². The summed E-state index contributed by atoms with van der Waals surface area (Å²) in [6.07, 6.45) is 0.998. The van der Waals surface area contributed by atoms with Gasteiger partial charge in [-0.1, -0.05) is 30.3 Å². The van der Waals surface area contributed by atoms with Crippen LogP contribution in [-0.2, 0) is 10.0 Å². The molecule has 2 aromatic rings. The summed E-state index contributed by atoms with van der Waals surface area (Å²) in [6.45, 7) is 2.46. The first-order valence-corrected chi connectivity index (χ1v) is 8.90. The fourth-order valence-electron chi connectivity index (χ4n) is 2.89. The van der Waals surface area contributed by atoms with Crippen molar-refractivity contribution in [2.24, 2.45) is 5.14 Å². The zero-order chi connectivity index (χ0) is 15.7. The molecule has 116 valence electrons. The van der Waals surface area contributed by atoms with E-state index in [2.05, 4.69) is 12.1 Å². The summed E-state index contributed by atoms with van der Waals surface area (Å²) < 4.78 is 28.8. The van der Waals surface area contributed by atoms with Crippen LogP contribution in [0.4, 0.5) is 0 Å². The fraction of sp³-hybridized carbons (Fsp3) is 0.294. The highest BCUT2D eigenvalue weighted by Gasteiger charge is 2.41. The molecule has 0 amide bonds. The second kappa shape index (κ2) is 5.74. The second-order valence-electron chi connectivity index (χ2n) is 5.54. The molecular formula is C17H19NO3S. The molecule has 2 N–H and O–H groups in total. The van der Waals surface area contributed by atoms with Gasteiger partial charge in [-0.05, 0) is 54.5 Å². The highest BCUT2D eigenvalue weighted by atomic mass is 32.2. The first-order chi connectivity index (χ1) is 10.5. The van der Waals surface area contributed by atoms with E-state index < -0.39 is 10.0 Å². The molecule has 1 saturated carbocycles. The van der Waals surface area contributed by atoms with Crippen molar-refractivity contribution in [3.8, 4) is 5.75 Å². The Kier molecular flexibility index (Phi) is 3.93. The molecule has 2 aromatic carbocycles. The average molecular weight is 317 g/mol. The van der Waals surface area contributed by atoms with E-state index in [9.17, 15) is 8.42 Å². The molecule has 0 aliphatic heterocycles. The van der Waals surface area contributed by atoms with E-state index >= 15 is 0 Å². The summed E-state index contributed by atoms with van der Waals surface area (Å²) in [5.74, 6) is 1.44. The molecule has 1 fully saturated rings. The van der Waals surface area contributed by atoms with Crippen molar-refractivity contribution in [1.29, 1.82) is 0 Å². The van der Waals surface area contributed by atoms with E-state index in [1.165, 1.54) is 11.6 Å². The Morgan fingerprint density at radius 1 is 1.14 bits per heavy atom. The molecular weight excluding hydrogens is 298 g/mol. The lowest BCUT2D eigenvalue weighted by Gasteiger charge is -2.12. The molecule has 1 aliphatic carbocycles. The third kappa shape index (κ3) is 3.00. The number of rotatable bonds is 5. The molecule has 0 unspecified atom stereocenters. The molecule has 0 saturated heterocycles. The van der Waals surface area contributed by atoms with Crippen molar-refractivity contribution in [3.63, 3.8) is 0 Å². The number of ether oxygens (including phenoxy) is 1. The lowest BCUT2D eigenvalue weighted by atomic mass is 10.0. The normalized spacial score (nSPS) is 20.6. The van der Waals surface area contributed by atoms with Gasteiger partial charge in [0.2, 0.25) is 10.0 Å². The van der Waals surface area contributed by atoms with Gasteiger partial charge >= 0.3 is 0 Å². The molecule has 4 nitrogen and oxygen atoms in total. The smallest absolute Gasteiger partial charge is 0.238 e. The number of primary sulfonamides is 1. The molecule has 2 atom stereocenters. The highest BCUT2D eigenvalue weighted by Crippen LogP contribution is 2.56. The van der Waals surface area contributed by atoms with E-state index in [-0.39, 0.29) is 10.8 Å². The predicted molar refractivity (Wildman–Crippen MR) is 85.5 cm³/mol. The quantitative estimate of drug-likeness (QED) is 0.921. The monoisotopic (exact) mass is 317 g/mol. The molecule has 1 aliphatic rings. The summed E-state index contributed by atoms with van der Waals surface area (Å²) in [5.41, 5.74) is 2.21. The standard InChI is InChI=1S/C17H19NO3S/c1-2-21-17-9-8-13(22(18,19)20)10-16(17)15-11-14(15)12-6-4-3-5-7-12/h3-10,14-15H,2,11H2,1H3,(H2,18,19,20)/t14-,15+/m0/s1. The molecule has 3 rings (SSSR count). The van der Waals surface area contributed by atoms with Crippen LogP contribution in [0.2, 0.25) is 0 Å². The summed E-state index contributed by atoms with van der Waals surface area (Å²) in [4.78, 5) is 0.143. The number of nitrogens with two attached hydrogens (primary N) is 1. The topological polar surface area (TPSA) is 69.4 Å². The summed E-state index contributed by atoms with van der Waals surface area (Å²) in [6, 6.07) is 15.1. The number of sulfonamides is 1. The Hall–Kier alpha value is -1.85. The van der Waals surface area contributed by atoms with E-state index in [1.54, 1.807) is 12.1 Å². The maximum absolute atomic E-state index is 11.6. The van der Waals surface area contributed by atoms with Gasteiger partial charge in [0.25, 0.3) is 0 Å². The minimum atomic E-state index is -3.70. The minimum Gasteiger partial charge on any atom is -0.494 e. The van der Waals surface area contributed by atoms with Crippen molar-refractivity contribution < 1.29 is 13.2 Å².